The number of para-hydroxylation sites is 1. The molecule has 2 fully saturated rings. The van der Waals surface area contributed by atoms with Gasteiger partial charge in [0.25, 0.3) is 0 Å². The summed E-state index contributed by atoms with van der Waals surface area (Å²) >= 11 is 0. The maximum absolute atomic E-state index is 12.3. The molecule has 0 spiro atoms. The Morgan fingerprint density at radius 1 is 1.04 bits per heavy atom. The first-order valence-corrected chi connectivity index (χ1v) is 16.0. The molecule has 232 valence electrons. The zero-order valence-electron chi connectivity index (χ0n) is 25.6. The summed E-state index contributed by atoms with van der Waals surface area (Å²) in [6.45, 7) is 4.01. The van der Waals surface area contributed by atoms with Crippen molar-refractivity contribution in [2.75, 3.05) is 30.8 Å². The molecule has 2 aromatic heterocycles. The maximum Gasteiger partial charge on any atom is 0.310 e. The van der Waals surface area contributed by atoms with Crippen molar-refractivity contribution in [2.45, 2.75) is 58.3 Å². The number of esters is 1. The van der Waals surface area contributed by atoms with Gasteiger partial charge in [-0.1, -0.05) is 36.4 Å². The van der Waals surface area contributed by atoms with Crippen molar-refractivity contribution >= 4 is 39.1 Å². The van der Waals surface area contributed by atoms with Crippen LogP contribution in [0.15, 0.2) is 66.9 Å². The number of hydrogen-bond acceptors (Lipinski definition) is 8. The molecule has 0 bridgehead atoms. The van der Waals surface area contributed by atoms with Crippen LogP contribution in [-0.2, 0) is 27.3 Å². The number of nitrogen functional groups attached to an aromatic ring is 1. The second-order valence-corrected chi connectivity index (χ2v) is 11.9. The van der Waals surface area contributed by atoms with E-state index in [2.05, 4.69) is 33.2 Å². The summed E-state index contributed by atoms with van der Waals surface area (Å²) in [4.78, 5) is 16.6. The first kappa shape index (κ1) is 29.1. The second-order valence-electron chi connectivity index (χ2n) is 11.9. The van der Waals surface area contributed by atoms with E-state index in [1.807, 2.05) is 49.4 Å². The average Bonchev–Trinajstić information content (AvgIpc) is 3.83. The molecule has 45 heavy (non-hydrogen) atoms. The Morgan fingerprint density at radius 2 is 1.93 bits per heavy atom. The van der Waals surface area contributed by atoms with Crippen molar-refractivity contribution < 1.29 is 19.0 Å². The first-order valence-electron chi connectivity index (χ1n) is 16.0. The van der Waals surface area contributed by atoms with Crippen molar-refractivity contribution in [1.29, 1.82) is 0 Å². The van der Waals surface area contributed by atoms with Crippen LogP contribution in [0.2, 0.25) is 0 Å². The predicted molar refractivity (Wildman–Crippen MR) is 176 cm³/mol. The van der Waals surface area contributed by atoms with Gasteiger partial charge in [-0.25, -0.2) is 9.67 Å². The fourth-order valence-electron chi connectivity index (χ4n) is 6.22. The summed E-state index contributed by atoms with van der Waals surface area (Å²) in [6.07, 6.45) is 7.30. The number of nitrogens with one attached hydrogen (secondary N) is 1. The Morgan fingerprint density at radius 3 is 2.76 bits per heavy atom. The number of carbonyl (C=O) groups excluding carboxylic acids is 1. The molecule has 1 aliphatic carbocycles. The molecule has 9 nitrogen and oxygen atoms in total. The largest absolute Gasteiger partial charge is 0.487 e. The van der Waals surface area contributed by atoms with Crippen LogP contribution < -0.4 is 15.8 Å². The molecule has 0 radical (unpaired) electrons. The normalized spacial score (nSPS) is 16.6. The predicted octanol–water partition coefficient (Wildman–Crippen LogP) is 7.04. The zero-order chi connectivity index (χ0) is 30.8. The molecule has 2 aliphatic rings. The van der Waals surface area contributed by atoms with Gasteiger partial charge in [0.05, 0.1) is 24.2 Å². The van der Waals surface area contributed by atoms with E-state index in [1.165, 1.54) is 12.8 Å². The molecular formula is C36H39N5O4. The topological polar surface area (TPSA) is 114 Å². The standard InChI is InChI=1S/C36H39N5O4/c1-2-43-34(42)20-24-8-3-4-11-32(24)45-22-31-29-18-25(26-9-7-10-28-27(26)15-16-38-36(28)37)19-30(39-21-23-13-14-23)35(29)41(40-31)33-12-5-6-17-44-33/h3-4,7-11,15-16,18-19,23,33,39H,2,5-6,12-14,17,20-22H2,1H3,(H2,37,38). The number of benzene rings is 3. The van der Waals surface area contributed by atoms with Gasteiger partial charge in [-0.2, -0.15) is 5.10 Å². The molecule has 9 heteroatoms. The van der Waals surface area contributed by atoms with E-state index in [-0.39, 0.29) is 25.2 Å². The Labute approximate surface area is 262 Å². The van der Waals surface area contributed by atoms with Gasteiger partial charge >= 0.3 is 5.97 Å². The maximum atomic E-state index is 12.3. The summed E-state index contributed by atoms with van der Waals surface area (Å²) < 4.78 is 20.0. The van der Waals surface area contributed by atoms with Crippen molar-refractivity contribution in [3.63, 3.8) is 0 Å². The van der Waals surface area contributed by atoms with Crippen molar-refractivity contribution in [1.82, 2.24) is 14.8 Å². The minimum Gasteiger partial charge on any atom is -0.487 e. The van der Waals surface area contributed by atoms with E-state index in [9.17, 15) is 4.79 Å². The van der Waals surface area contributed by atoms with Gasteiger partial charge in [-0.3, -0.25) is 4.79 Å². The van der Waals surface area contributed by atoms with Crippen molar-refractivity contribution in [2.24, 2.45) is 5.92 Å². The molecule has 1 unspecified atom stereocenters. The number of pyridine rings is 1. The van der Waals surface area contributed by atoms with E-state index in [1.54, 1.807) is 6.20 Å². The van der Waals surface area contributed by atoms with Crippen LogP contribution in [0.1, 0.15) is 56.5 Å². The van der Waals surface area contributed by atoms with Gasteiger partial charge in [0, 0.05) is 35.7 Å². The Bertz CT molecular complexity index is 1840. The number of nitrogens with zero attached hydrogens (tertiary/aromatic N) is 3. The number of nitrogens with two attached hydrogens (primary N) is 1. The minimum absolute atomic E-state index is 0.146. The highest BCUT2D eigenvalue weighted by Crippen LogP contribution is 2.40. The van der Waals surface area contributed by atoms with Crippen molar-refractivity contribution in [3.8, 4) is 16.9 Å². The molecule has 1 saturated carbocycles. The number of hydrogen-bond donors (Lipinski definition) is 2. The lowest BCUT2D eigenvalue weighted by molar-refractivity contribution is -0.142. The van der Waals surface area contributed by atoms with E-state index < -0.39 is 0 Å². The van der Waals surface area contributed by atoms with Gasteiger partial charge in [-0.05, 0) is 85.7 Å². The summed E-state index contributed by atoms with van der Waals surface area (Å²) in [5.41, 5.74) is 12.1. The van der Waals surface area contributed by atoms with Crippen LogP contribution in [-0.4, -0.2) is 40.5 Å². The van der Waals surface area contributed by atoms with E-state index in [0.29, 0.717) is 30.7 Å². The van der Waals surface area contributed by atoms with Crippen LogP contribution in [0.25, 0.3) is 32.8 Å². The molecule has 3 N–H and O–H groups in total. The number of ether oxygens (including phenoxy) is 3. The fraction of sp³-hybridized carbons (Fsp3) is 0.361. The highest BCUT2D eigenvalue weighted by Gasteiger charge is 2.26. The summed E-state index contributed by atoms with van der Waals surface area (Å²) in [5, 5.41) is 11.9. The molecule has 0 amide bonds. The van der Waals surface area contributed by atoms with Gasteiger partial charge in [0.2, 0.25) is 0 Å². The smallest absolute Gasteiger partial charge is 0.310 e. The molecule has 1 saturated heterocycles. The van der Waals surface area contributed by atoms with Crippen LogP contribution in [0.5, 0.6) is 5.75 Å². The number of aromatic nitrogens is 3. The Kier molecular flexibility index (Phi) is 8.26. The third-order valence-electron chi connectivity index (χ3n) is 8.71. The molecule has 7 rings (SSSR count). The third-order valence-corrected chi connectivity index (χ3v) is 8.71. The molecule has 1 aliphatic heterocycles. The lowest BCUT2D eigenvalue weighted by Gasteiger charge is -2.24. The van der Waals surface area contributed by atoms with E-state index in [4.69, 9.17) is 25.0 Å². The van der Waals surface area contributed by atoms with Crippen LogP contribution in [0, 0.1) is 5.92 Å². The molecule has 3 heterocycles. The summed E-state index contributed by atoms with van der Waals surface area (Å²) in [5.74, 6) is 1.57. The minimum atomic E-state index is -0.278. The Balaban J connectivity index is 1.34. The van der Waals surface area contributed by atoms with Crippen LogP contribution >= 0.6 is 0 Å². The number of carbonyl (C=O) groups is 1. The number of anilines is 2. The molecular weight excluding hydrogens is 566 g/mol. The average molecular weight is 606 g/mol. The molecule has 1 atom stereocenters. The van der Waals surface area contributed by atoms with Crippen LogP contribution in [0.3, 0.4) is 0 Å². The van der Waals surface area contributed by atoms with Crippen LogP contribution in [0.4, 0.5) is 11.5 Å². The van der Waals surface area contributed by atoms with Crippen molar-refractivity contribution in [3.05, 3.63) is 78.1 Å². The summed E-state index contributed by atoms with van der Waals surface area (Å²) in [6, 6.07) is 20.2. The van der Waals surface area contributed by atoms with Gasteiger partial charge in [0.15, 0.2) is 6.23 Å². The lowest BCUT2D eigenvalue weighted by atomic mass is 9.96. The third kappa shape index (κ3) is 6.17. The molecule has 5 aromatic rings. The van der Waals surface area contributed by atoms with E-state index >= 15 is 0 Å². The Hall–Kier alpha value is -4.63. The fourth-order valence-corrected chi connectivity index (χ4v) is 6.22. The number of rotatable bonds is 11. The monoisotopic (exact) mass is 605 g/mol. The summed E-state index contributed by atoms with van der Waals surface area (Å²) in [7, 11) is 0. The first-order chi connectivity index (χ1) is 22.1. The SMILES string of the molecule is CCOC(=O)Cc1ccccc1OCc1nn(C2CCCCO2)c2c(NCC3CC3)cc(-c3cccc4c(N)nccc34)cc12. The van der Waals surface area contributed by atoms with Gasteiger partial charge in [-0.15, -0.1) is 0 Å². The van der Waals surface area contributed by atoms with E-state index in [0.717, 1.165) is 75.6 Å². The number of fused-ring (bicyclic) bond motifs is 2. The highest BCUT2D eigenvalue weighted by molar-refractivity contribution is 6.04. The highest BCUT2D eigenvalue weighted by atomic mass is 16.5. The quantitative estimate of drug-likeness (QED) is 0.154. The lowest BCUT2D eigenvalue weighted by Crippen LogP contribution is -2.20. The van der Waals surface area contributed by atoms with Gasteiger partial charge in [0.1, 0.15) is 23.9 Å². The molecule has 3 aromatic carbocycles. The zero-order valence-corrected chi connectivity index (χ0v) is 25.6. The second kappa shape index (κ2) is 12.8. The van der Waals surface area contributed by atoms with Gasteiger partial charge < -0.3 is 25.3 Å².